The Labute approximate surface area is 124 Å². The number of carbonyl (C=O) groups is 1. The zero-order valence-electron chi connectivity index (χ0n) is 14.1. The van der Waals surface area contributed by atoms with E-state index in [0.29, 0.717) is 6.61 Å². The number of carbonyl (C=O) groups excluding carboxylic acids is 1. The third kappa shape index (κ3) is 6.56. The molecule has 0 aliphatic heterocycles. The Morgan fingerprint density at radius 1 is 1.25 bits per heavy atom. The molecular formula is C17H32O3. The number of esters is 1. The molecule has 0 N–H and O–H groups in total. The maximum absolute atomic E-state index is 11.9. The monoisotopic (exact) mass is 284 g/mol. The van der Waals surface area contributed by atoms with Crippen molar-refractivity contribution in [2.75, 3.05) is 6.61 Å². The smallest absolute Gasteiger partial charge is 0.311 e. The summed E-state index contributed by atoms with van der Waals surface area (Å²) in [5.74, 6) is -0.128. The topological polar surface area (TPSA) is 35.5 Å². The van der Waals surface area contributed by atoms with Crippen molar-refractivity contribution in [3.63, 3.8) is 0 Å². The first-order chi connectivity index (χ1) is 9.20. The highest BCUT2D eigenvalue weighted by molar-refractivity contribution is 5.75. The van der Waals surface area contributed by atoms with Gasteiger partial charge in [-0.3, -0.25) is 4.79 Å². The molecule has 0 spiro atoms. The van der Waals surface area contributed by atoms with Crippen molar-refractivity contribution >= 4 is 5.97 Å². The fourth-order valence-electron chi connectivity index (χ4n) is 1.63. The van der Waals surface area contributed by atoms with Crippen LogP contribution in [0, 0.1) is 5.41 Å². The van der Waals surface area contributed by atoms with Crippen LogP contribution in [0.5, 0.6) is 0 Å². The van der Waals surface area contributed by atoms with Gasteiger partial charge < -0.3 is 9.47 Å². The van der Waals surface area contributed by atoms with Crippen LogP contribution in [-0.4, -0.2) is 24.3 Å². The second-order valence-corrected chi connectivity index (χ2v) is 6.39. The average molecular weight is 284 g/mol. The molecule has 0 aromatic rings. The van der Waals surface area contributed by atoms with Crippen LogP contribution in [-0.2, 0) is 14.3 Å². The van der Waals surface area contributed by atoms with Gasteiger partial charge >= 0.3 is 5.97 Å². The maximum atomic E-state index is 11.9. The minimum absolute atomic E-state index is 0.113. The SMILES string of the molecule is C=CCC(C)(CC)OCC[C@@H](C)OC(=O)C(C)(C)CC. The normalized spacial score (nSPS) is 16.3. The van der Waals surface area contributed by atoms with Crippen LogP contribution >= 0.6 is 0 Å². The maximum Gasteiger partial charge on any atom is 0.311 e. The van der Waals surface area contributed by atoms with Gasteiger partial charge in [-0.1, -0.05) is 19.9 Å². The lowest BCUT2D eigenvalue weighted by Gasteiger charge is -2.28. The van der Waals surface area contributed by atoms with Crippen molar-refractivity contribution in [1.82, 2.24) is 0 Å². The Bertz CT molecular complexity index is 309. The summed E-state index contributed by atoms with van der Waals surface area (Å²) in [6.07, 6.45) is 5.05. The van der Waals surface area contributed by atoms with Gasteiger partial charge in [-0.2, -0.15) is 0 Å². The highest BCUT2D eigenvalue weighted by Gasteiger charge is 2.28. The van der Waals surface area contributed by atoms with E-state index >= 15 is 0 Å². The Balaban J connectivity index is 4.14. The minimum atomic E-state index is -0.407. The predicted molar refractivity (Wildman–Crippen MR) is 83.7 cm³/mol. The molecule has 0 aliphatic rings. The van der Waals surface area contributed by atoms with Crippen molar-refractivity contribution in [3.8, 4) is 0 Å². The van der Waals surface area contributed by atoms with E-state index in [0.717, 1.165) is 25.7 Å². The number of ether oxygens (including phenoxy) is 2. The van der Waals surface area contributed by atoms with E-state index in [1.54, 1.807) is 0 Å². The van der Waals surface area contributed by atoms with Crippen LogP contribution < -0.4 is 0 Å². The van der Waals surface area contributed by atoms with E-state index in [1.165, 1.54) is 0 Å². The molecule has 0 aromatic heterocycles. The van der Waals surface area contributed by atoms with Gasteiger partial charge in [-0.15, -0.1) is 6.58 Å². The molecule has 0 aromatic carbocycles. The first-order valence-electron chi connectivity index (χ1n) is 7.66. The lowest BCUT2D eigenvalue weighted by atomic mass is 9.90. The first-order valence-corrected chi connectivity index (χ1v) is 7.66. The van der Waals surface area contributed by atoms with E-state index in [9.17, 15) is 4.79 Å². The minimum Gasteiger partial charge on any atom is -0.462 e. The van der Waals surface area contributed by atoms with Crippen LogP contribution in [0.4, 0.5) is 0 Å². The third-order valence-corrected chi connectivity index (χ3v) is 4.04. The fraction of sp³-hybridized carbons (Fsp3) is 0.824. The summed E-state index contributed by atoms with van der Waals surface area (Å²) in [7, 11) is 0. The van der Waals surface area contributed by atoms with E-state index in [4.69, 9.17) is 9.47 Å². The number of hydrogen-bond donors (Lipinski definition) is 0. The summed E-state index contributed by atoms with van der Waals surface area (Å²) in [6.45, 7) is 16.3. The molecule has 0 bridgehead atoms. The molecule has 2 atom stereocenters. The van der Waals surface area contributed by atoms with Crippen LogP contribution in [0.3, 0.4) is 0 Å². The quantitative estimate of drug-likeness (QED) is 0.437. The van der Waals surface area contributed by atoms with E-state index in [1.807, 2.05) is 33.8 Å². The second kappa shape index (κ2) is 8.46. The molecule has 0 saturated carbocycles. The van der Waals surface area contributed by atoms with Crippen molar-refractivity contribution < 1.29 is 14.3 Å². The van der Waals surface area contributed by atoms with Crippen LogP contribution in [0.25, 0.3) is 0 Å². The second-order valence-electron chi connectivity index (χ2n) is 6.39. The molecule has 0 heterocycles. The molecule has 0 radical (unpaired) electrons. The Hall–Kier alpha value is -0.830. The highest BCUT2D eigenvalue weighted by Crippen LogP contribution is 2.24. The lowest BCUT2D eigenvalue weighted by molar-refractivity contribution is -0.160. The van der Waals surface area contributed by atoms with Crippen LogP contribution in [0.15, 0.2) is 12.7 Å². The first kappa shape index (κ1) is 19.2. The number of rotatable bonds is 10. The molecule has 0 rings (SSSR count). The van der Waals surface area contributed by atoms with E-state index in [2.05, 4.69) is 20.4 Å². The van der Waals surface area contributed by atoms with Crippen molar-refractivity contribution in [3.05, 3.63) is 12.7 Å². The average Bonchev–Trinajstić information content (AvgIpc) is 2.38. The van der Waals surface area contributed by atoms with Crippen LogP contribution in [0.2, 0.25) is 0 Å². The standard InChI is InChI=1S/C17H32O3/c1-8-12-17(7,10-3)19-13-11-14(4)20-15(18)16(5,6)9-2/h8,14H,1,9-13H2,2-7H3/t14-,17?/m1/s1. The van der Waals surface area contributed by atoms with Crippen molar-refractivity contribution in [1.29, 1.82) is 0 Å². The molecule has 0 aliphatic carbocycles. The van der Waals surface area contributed by atoms with E-state index < -0.39 is 5.41 Å². The molecule has 3 nitrogen and oxygen atoms in total. The summed E-state index contributed by atoms with van der Waals surface area (Å²) in [6, 6.07) is 0. The molecule has 0 amide bonds. The molecular weight excluding hydrogens is 252 g/mol. The zero-order chi connectivity index (χ0) is 15.8. The predicted octanol–water partition coefficient (Wildman–Crippen LogP) is 4.51. The molecule has 20 heavy (non-hydrogen) atoms. The van der Waals surface area contributed by atoms with Gasteiger partial charge in [0.25, 0.3) is 0 Å². The summed E-state index contributed by atoms with van der Waals surface area (Å²) < 4.78 is 11.4. The summed E-state index contributed by atoms with van der Waals surface area (Å²) in [5.41, 5.74) is -0.565. The van der Waals surface area contributed by atoms with Gasteiger partial charge in [0, 0.05) is 6.42 Å². The highest BCUT2D eigenvalue weighted by atomic mass is 16.5. The Kier molecular flexibility index (Phi) is 8.10. The molecule has 3 heteroatoms. The van der Waals surface area contributed by atoms with Gasteiger partial charge in [-0.25, -0.2) is 0 Å². The molecule has 0 saturated heterocycles. The third-order valence-electron chi connectivity index (χ3n) is 4.04. The molecule has 118 valence electrons. The van der Waals surface area contributed by atoms with Crippen molar-refractivity contribution in [2.45, 2.75) is 78.9 Å². The van der Waals surface area contributed by atoms with E-state index in [-0.39, 0.29) is 17.7 Å². The zero-order valence-corrected chi connectivity index (χ0v) is 14.1. The van der Waals surface area contributed by atoms with Crippen LogP contribution in [0.1, 0.15) is 67.2 Å². The van der Waals surface area contributed by atoms with Gasteiger partial charge in [0.2, 0.25) is 0 Å². The number of hydrogen-bond acceptors (Lipinski definition) is 3. The lowest BCUT2D eigenvalue weighted by Crippen LogP contribution is -2.31. The molecule has 0 fully saturated rings. The Morgan fingerprint density at radius 2 is 1.85 bits per heavy atom. The van der Waals surface area contributed by atoms with Gasteiger partial charge in [0.15, 0.2) is 0 Å². The van der Waals surface area contributed by atoms with Gasteiger partial charge in [-0.05, 0) is 47.0 Å². The summed E-state index contributed by atoms with van der Waals surface area (Å²) in [4.78, 5) is 11.9. The van der Waals surface area contributed by atoms with Gasteiger partial charge in [0.05, 0.1) is 17.6 Å². The summed E-state index contributed by atoms with van der Waals surface area (Å²) >= 11 is 0. The largest absolute Gasteiger partial charge is 0.462 e. The fourth-order valence-corrected chi connectivity index (χ4v) is 1.63. The summed E-state index contributed by atoms with van der Waals surface area (Å²) in [5, 5.41) is 0. The van der Waals surface area contributed by atoms with Crippen molar-refractivity contribution in [2.24, 2.45) is 5.41 Å². The Morgan fingerprint density at radius 3 is 2.30 bits per heavy atom. The van der Waals surface area contributed by atoms with Gasteiger partial charge in [0.1, 0.15) is 6.10 Å². The molecule has 1 unspecified atom stereocenters.